The van der Waals surface area contributed by atoms with E-state index in [0.29, 0.717) is 17.9 Å². The number of carbonyl (C=O) groups excluding carboxylic acids is 1. The first-order chi connectivity index (χ1) is 11.5. The van der Waals surface area contributed by atoms with Gasteiger partial charge in [-0.1, -0.05) is 29.8 Å². The summed E-state index contributed by atoms with van der Waals surface area (Å²) in [5.41, 5.74) is 3.35. The van der Waals surface area contributed by atoms with Crippen LogP contribution in [0.4, 0.5) is 0 Å². The Balaban J connectivity index is 1.90. The minimum atomic E-state index is -0.0703. The molecule has 4 nitrogen and oxygen atoms in total. The zero-order chi connectivity index (χ0) is 17.1. The highest BCUT2D eigenvalue weighted by atomic mass is 16.2. The highest BCUT2D eigenvalue weighted by molar-refractivity contribution is 5.94. The van der Waals surface area contributed by atoms with Gasteiger partial charge in [0.2, 0.25) is 0 Å². The van der Waals surface area contributed by atoms with Crippen LogP contribution in [0, 0.1) is 6.92 Å². The van der Waals surface area contributed by atoms with E-state index in [2.05, 4.69) is 29.0 Å². The molecule has 2 heterocycles. The molecule has 0 N–H and O–H groups in total. The average molecular weight is 319 g/mol. The number of aryl methyl sites for hydroxylation is 1. The molecule has 1 amide bonds. The zero-order valence-electron chi connectivity index (χ0n) is 14.2. The fourth-order valence-corrected chi connectivity index (χ4v) is 2.72. The van der Waals surface area contributed by atoms with Gasteiger partial charge in [-0.05, 0) is 50.6 Å². The predicted molar refractivity (Wildman–Crippen MR) is 95.7 cm³/mol. The Morgan fingerprint density at radius 2 is 1.96 bits per heavy atom. The van der Waals surface area contributed by atoms with Crippen molar-refractivity contribution in [2.24, 2.45) is 0 Å². The minimum absolute atomic E-state index is 0.0703. The smallest absolute Gasteiger partial charge is 0.273 e. The van der Waals surface area contributed by atoms with Crippen molar-refractivity contribution in [2.75, 3.05) is 0 Å². The van der Waals surface area contributed by atoms with Gasteiger partial charge in [0.1, 0.15) is 5.69 Å². The van der Waals surface area contributed by atoms with Crippen LogP contribution < -0.4 is 0 Å². The van der Waals surface area contributed by atoms with Crippen LogP contribution >= 0.6 is 0 Å². The lowest BCUT2D eigenvalue weighted by Crippen LogP contribution is -2.36. The van der Waals surface area contributed by atoms with E-state index < -0.39 is 0 Å². The molecule has 24 heavy (non-hydrogen) atoms. The molecule has 4 heteroatoms. The van der Waals surface area contributed by atoms with Crippen LogP contribution in [0.3, 0.4) is 0 Å². The molecule has 0 spiro atoms. The van der Waals surface area contributed by atoms with Gasteiger partial charge in [0.15, 0.2) is 5.65 Å². The minimum Gasteiger partial charge on any atom is -0.331 e. The maximum Gasteiger partial charge on any atom is 0.273 e. The molecule has 1 aromatic carbocycles. The summed E-state index contributed by atoms with van der Waals surface area (Å²) in [4.78, 5) is 23.5. The van der Waals surface area contributed by atoms with Crippen LogP contribution in [-0.2, 0) is 6.54 Å². The first-order valence-corrected chi connectivity index (χ1v) is 8.13. The topological polar surface area (TPSA) is 46.1 Å². The van der Waals surface area contributed by atoms with Gasteiger partial charge in [-0.25, -0.2) is 9.97 Å². The number of nitrogens with zero attached hydrogens (tertiary/aromatic N) is 3. The van der Waals surface area contributed by atoms with Gasteiger partial charge in [0, 0.05) is 24.2 Å². The van der Waals surface area contributed by atoms with E-state index in [1.165, 1.54) is 5.56 Å². The number of fused-ring (bicyclic) bond motifs is 1. The Bertz CT molecular complexity index is 873. The standard InChI is InChI=1S/C20H21N3O/c1-14(2)23(13-16-7-4-6-15(3)12-16)20(24)18-10-9-17-8-5-11-21-19(17)22-18/h4-12,14H,13H2,1-3H3. The lowest BCUT2D eigenvalue weighted by Gasteiger charge is -2.26. The largest absolute Gasteiger partial charge is 0.331 e. The van der Waals surface area contributed by atoms with Crippen molar-refractivity contribution in [2.45, 2.75) is 33.4 Å². The third-order valence-electron chi connectivity index (χ3n) is 4.00. The Morgan fingerprint density at radius 3 is 2.71 bits per heavy atom. The van der Waals surface area contributed by atoms with E-state index in [1.54, 1.807) is 12.3 Å². The van der Waals surface area contributed by atoms with Gasteiger partial charge in [-0.15, -0.1) is 0 Å². The Hall–Kier alpha value is -2.75. The van der Waals surface area contributed by atoms with Gasteiger partial charge in [-0.3, -0.25) is 4.79 Å². The van der Waals surface area contributed by atoms with Crippen molar-refractivity contribution < 1.29 is 4.79 Å². The number of benzene rings is 1. The molecule has 0 unspecified atom stereocenters. The third kappa shape index (κ3) is 3.43. The summed E-state index contributed by atoms with van der Waals surface area (Å²) < 4.78 is 0. The summed E-state index contributed by atoms with van der Waals surface area (Å²) in [6, 6.07) is 15.8. The predicted octanol–water partition coefficient (Wildman–Crippen LogP) is 3.99. The lowest BCUT2D eigenvalue weighted by molar-refractivity contribution is 0.0684. The molecule has 3 aromatic rings. The molecule has 0 fully saturated rings. The molecular weight excluding hydrogens is 298 g/mol. The van der Waals surface area contributed by atoms with Crippen molar-refractivity contribution in [1.82, 2.24) is 14.9 Å². The van der Waals surface area contributed by atoms with E-state index in [-0.39, 0.29) is 11.9 Å². The molecule has 0 saturated heterocycles. The van der Waals surface area contributed by atoms with E-state index >= 15 is 0 Å². The summed E-state index contributed by atoms with van der Waals surface area (Å²) in [7, 11) is 0. The zero-order valence-corrected chi connectivity index (χ0v) is 14.2. The SMILES string of the molecule is Cc1cccc(CN(C(=O)c2ccc3cccnc3n2)C(C)C)c1. The van der Waals surface area contributed by atoms with Crippen LogP contribution in [0.25, 0.3) is 11.0 Å². The molecule has 0 atom stereocenters. The fourth-order valence-electron chi connectivity index (χ4n) is 2.72. The van der Waals surface area contributed by atoms with E-state index in [4.69, 9.17) is 0 Å². The fraction of sp³-hybridized carbons (Fsp3) is 0.250. The monoisotopic (exact) mass is 319 g/mol. The van der Waals surface area contributed by atoms with E-state index in [0.717, 1.165) is 10.9 Å². The number of carbonyl (C=O) groups is 1. The van der Waals surface area contributed by atoms with Crippen molar-refractivity contribution in [3.8, 4) is 0 Å². The Morgan fingerprint density at radius 1 is 1.12 bits per heavy atom. The second kappa shape index (κ2) is 6.79. The Labute approximate surface area is 142 Å². The highest BCUT2D eigenvalue weighted by Gasteiger charge is 2.20. The molecule has 0 aliphatic rings. The lowest BCUT2D eigenvalue weighted by atomic mass is 10.1. The third-order valence-corrected chi connectivity index (χ3v) is 4.00. The number of aromatic nitrogens is 2. The summed E-state index contributed by atoms with van der Waals surface area (Å²) in [6.45, 7) is 6.67. The van der Waals surface area contributed by atoms with Gasteiger partial charge in [-0.2, -0.15) is 0 Å². The highest BCUT2D eigenvalue weighted by Crippen LogP contribution is 2.16. The second-order valence-electron chi connectivity index (χ2n) is 6.26. The van der Waals surface area contributed by atoms with Crippen LogP contribution in [0.1, 0.15) is 35.5 Å². The molecular formula is C20H21N3O. The van der Waals surface area contributed by atoms with Crippen molar-refractivity contribution >= 4 is 16.9 Å². The molecule has 122 valence electrons. The maximum atomic E-state index is 13.0. The average Bonchev–Trinajstić information content (AvgIpc) is 2.58. The van der Waals surface area contributed by atoms with Gasteiger partial charge in [0.25, 0.3) is 5.91 Å². The van der Waals surface area contributed by atoms with Gasteiger partial charge < -0.3 is 4.90 Å². The maximum absolute atomic E-state index is 13.0. The first-order valence-electron chi connectivity index (χ1n) is 8.13. The van der Waals surface area contributed by atoms with Crippen molar-refractivity contribution in [3.63, 3.8) is 0 Å². The molecule has 0 bridgehead atoms. The normalized spacial score (nSPS) is 11.0. The van der Waals surface area contributed by atoms with Crippen LogP contribution in [0.5, 0.6) is 0 Å². The molecule has 0 radical (unpaired) electrons. The summed E-state index contributed by atoms with van der Waals surface area (Å²) in [5.74, 6) is -0.0703. The summed E-state index contributed by atoms with van der Waals surface area (Å²) >= 11 is 0. The quantitative estimate of drug-likeness (QED) is 0.730. The first kappa shape index (κ1) is 16.1. The molecule has 3 rings (SSSR count). The number of rotatable bonds is 4. The van der Waals surface area contributed by atoms with E-state index in [1.807, 2.05) is 49.1 Å². The number of pyridine rings is 2. The van der Waals surface area contributed by atoms with Crippen molar-refractivity contribution in [3.05, 3.63) is 71.5 Å². The van der Waals surface area contributed by atoms with Gasteiger partial charge in [0.05, 0.1) is 0 Å². The number of hydrogen-bond donors (Lipinski definition) is 0. The van der Waals surface area contributed by atoms with Crippen LogP contribution in [-0.4, -0.2) is 26.8 Å². The Kier molecular flexibility index (Phi) is 4.56. The molecule has 0 saturated carbocycles. The van der Waals surface area contributed by atoms with Crippen LogP contribution in [0.15, 0.2) is 54.7 Å². The summed E-state index contributed by atoms with van der Waals surface area (Å²) in [5, 5.41) is 0.934. The van der Waals surface area contributed by atoms with Crippen molar-refractivity contribution in [1.29, 1.82) is 0 Å². The van der Waals surface area contributed by atoms with Crippen LogP contribution in [0.2, 0.25) is 0 Å². The summed E-state index contributed by atoms with van der Waals surface area (Å²) in [6.07, 6.45) is 1.69. The molecule has 2 aromatic heterocycles. The number of amides is 1. The van der Waals surface area contributed by atoms with E-state index in [9.17, 15) is 4.79 Å². The number of hydrogen-bond acceptors (Lipinski definition) is 3. The second-order valence-corrected chi connectivity index (χ2v) is 6.26. The molecule has 0 aliphatic heterocycles. The van der Waals surface area contributed by atoms with Gasteiger partial charge >= 0.3 is 0 Å². The molecule has 0 aliphatic carbocycles.